The van der Waals surface area contributed by atoms with Gasteiger partial charge in [-0.1, -0.05) is 11.6 Å². The highest BCUT2D eigenvalue weighted by Gasteiger charge is 2.22. The van der Waals surface area contributed by atoms with Gasteiger partial charge in [0, 0.05) is 16.8 Å². The van der Waals surface area contributed by atoms with Crippen molar-refractivity contribution < 1.29 is 4.79 Å². The summed E-state index contributed by atoms with van der Waals surface area (Å²) in [7, 11) is 1.75. The van der Waals surface area contributed by atoms with Crippen molar-refractivity contribution >= 4 is 34.5 Å². The van der Waals surface area contributed by atoms with Crippen LogP contribution in [0.1, 0.15) is 33.1 Å². The molecule has 2 aromatic rings. The summed E-state index contributed by atoms with van der Waals surface area (Å²) in [5.41, 5.74) is 6.42. The Labute approximate surface area is 127 Å². The Balaban J connectivity index is 2.26. The third-order valence-corrected chi connectivity index (χ3v) is 4.64. The second kappa shape index (κ2) is 5.81. The fourth-order valence-electron chi connectivity index (χ4n) is 1.85. The van der Waals surface area contributed by atoms with Crippen LogP contribution in [0.15, 0.2) is 24.4 Å². The third kappa shape index (κ3) is 2.94. The lowest BCUT2D eigenvalue weighted by molar-refractivity contribution is 0.0745. The number of halogens is 1. The number of thiophene rings is 1. The number of hydrogen-bond acceptors (Lipinski definition) is 4. The monoisotopic (exact) mass is 309 g/mol. The largest absolute Gasteiger partial charge is 0.397 e. The van der Waals surface area contributed by atoms with E-state index in [-0.39, 0.29) is 17.1 Å². The maximum absolute atomic E-state index is 12.5. The van der Waals surface area contributed by atoms with Crippen LogP contribution in [0.3, 0.4) is 0 Å². The van der Waals surface area contributed by atoms with Gasteiger partial charge in [0.25, 0.3) is 5.91 Å². The standard InChI is InChI=1S/C14H16ClN3OS/c1-8-4-5-12(20-8)9(2)18(3)14(19)11-6-10(16)7-17-13(11)15/h4-7,9H,16H2,1-3H3. The lowest BCUT2D eigenvalue weighted by Crippen LogP contribution is -2.29. The molecule has 0 radical (unpaired) electrons. The van der Waals surface area contributed by atoms with E-state index in [0.29, 0.717) is 11.3 Å². The molecule has 0 aliphatic rings. The van der Waals surface area contributed by atoms with Crippen LogP contribution in [0.4, 0.5) is 5.69 Å². The highest BCUT2D eigenvalue weighted by atomic mass is 35.5. The number of pyridine rings is 1. The lowest BCUT2D eigenvalue weighted by atomic mass is 10.2. The Kier molecular flexibility index (Phi) is 4.30. The Bertz CT molecular complexity index is 641. The number of aromatic nitrogens is 1. The van der Waals surface area contributed by atoms with E-state index in [9.17, 15) is 4.79 Å². The number of nitrogens with two attached hydrogens (primary N) is 1. The molecule has 4 nitrogen and oxygen atoms in total. The summed E-state index contributed by atoms with van der Waals surface area (Å²) in [5.74, 6) is -0.187. The van der Waals surface area contributed by atoms with E-state index in [4.69, 9.17) is 17.3 Å². The molecule has 6 heteroatoms. The van der Waals surface area contributed by atoms with Crippen LogP contribution in [0.25, 0.3) is 0 Å². The molecule has 0 saturated carbocycles. The van der Waals surface area contributed by atoms with Gasteiger partial charge in [-0.05, 0) is 32.0 Å². The summed E-state index contributed by atoms with van der Waals surface area (Å²) in [5, 5.41) is 0.172. The fourth-order valence-corrected chi connectivity index (χ4v) is 3.01. The predicted octanol–water partition coefficient (Wildman–Crippen LogP) is 3.52. The van der Waals surface area contributed by atoms with E-state index in [1.165, 1.54) is 11.1 Å². The van der Waals surface area contributed by atoms with Gasteiger partial charge in [0.2, 0.25) is 0 Å². The van der Waals surface area contributed by atoms with E-state index < -0.39 is 0 Å². The molecule has 0 aliphatic heterocycles. The van der Waals surface area contributed by atoms with E-state index >= 15 is 0 Å². The summed E-state index contributed by atoms with van der Waals surface area (Å²) < 4.78 is 0. The van der Waals surface area contributed by atoms with Crippen LogP contribution in [0.5, 0.6) is 0 Å². The molecule has 1 amide bonds. The molecule has 1 atom stereocenters. The molecule has 0 aromatic carbocycles. The SMILES string of the molecule is Cc1ccc(C(C)N(C)C(=O)c2cc(N)cnc2Cl)s1. The zero-order valence-corrected chi connectivity index (χ0v) is 13.1. The Morgan fingerprint density at radius 2 is 2.20 bits per heavy atom. The zero-order valence-electron chi connectivity index (χ0n) is 11.6. The number of carbonyl (C=O) groups is 1. The van der Waals surface area contributed by atoms with Crippen molar-refractivity contribution in [3.8, 4) is 0 Å². The molecule has 0 aliphatic carbocycles. The molecule has 0 spiro atoms. The van der Waals surface area contributed by atoms with Crippen LogP contribution in [0, 0.1) is 6.92 Å². The summed E-state index contributed by atoms with van der Waals surface area (Å²) in [6.07, 6.45) is 1.44. The number of amides is 1. The summed E-state index contributed by atoms with van der Waals surface area (Å²) >= 11 is 7.66. The van der Waals surface area contributed by atoms with Crippen molar-refractivity contribution in [2.24, 2.45) is 0 Å². The summed E-state index contributed by atoms with van der Waals surface area (Å²) in [6, 6.07) is 5.61. The quantitative estimate of drug-likeness (QED) is 0.882. The van der Waals surface area contributed by atoms with Gasteiger partial charge >= 0.3 is 0 Å². The average molecular weight is 310 g/mol. The molecule has 2 heterocycles. The molecule has 20 heavy (non-hydrogen) atoms. The minimum atomic E-state index is -0.187. The van der Waals surface area contributed by atoms with Crippen LogP contribution in [-0.2, 0) is 0 Å². The van der Waals surface area contributed by atoms with E-state index in [2.05, 4.69) is 4.98 Å². The number of nitrogens with zero attached hydrogens (tertiary/aromatic N) is 2. The highest BCUT2D eigenvalue weighted by Crippen LogP contribution is 2.28. The average Bonchev–Trinajstić information content (AvgIpc) is 2.85. The van der Waals surface area contributed by atoms with Crippen molar-refractivity contribution in [2.75, 3.05) is 12.8 Å². The molecule has 106 valence electrons. The van der Waals surface area contributed by atoms with E-state index in [1.807, 2.05) is 26.0 Å². The van der Waals surface area contributed by atoms with Crippen LogP contribution in [-0.4, -0.2) is 22.8 Å². The predicted molar refractivity (Wildman–Crippen MR) is 83.2 cm³/mol. The van der Waals surface area contributed by atoms with E-state index in [1.54, 1.807) is 29.4 Å². The Morgan fingerprint density at radius 1 is 1.50 bits per heavy atom. The summed E-state index contributed by atoms with van der Waals surface area (Å²) in [6.45, 7) is 4.03. The first-order chi connectivity index (χ1) is 9.40. The smallest absolute Gasteiger partial charge is 0.257 e. The highest BCUT2D eigenvalue weighted by molar-refractivity contribution is 7.12. The number of nitrogen functional groups attached to an aromatic ring is 1. The van der Waals surface area contributed by atoms with Crippen LogP contribution in [0.2, 0.25) is 5.15 Å². The Morgan fingerprint density at radius 3 is 2.80 bits per heavy atom. The molecule has 2 aromatic heterocycles. The van der Waals surface area contributed by atoms with Crippen molar-refractivity contribution in [3.05, 3.63) is 44.9 Å². The molecular weight excluding hydrogens is 294 g/mol. The topological polar surface area (TPSA) is 59.2 Å². The van der Waals surface area contributed by atoms with Crippen molar-refractivity contribution in [3.63, 3.8) is 0 Å². The zero-order chi connectivity index (χ0) is 14.9. The van der Waals surface area contributed by atoms with Crippen molar-refractivity contribution in [1.29, 1.82) is 0 Å². The normalized spacial score (nSPS) is 12.2. The number of rotatable bonds is 3. The molecule has 0 saturated heterocycles. The van der Waals surface area contributed by atoms with Gasteiger partial charge in [-0.15, -0.1) is 11.3 Å². The molecule has 1 unspecified atom stereocenters. The van der Waals surface area contributed by atoms with Crippen molar-refractivity contribution in [1.82, 2.24) is 9.88 Å². The van der Waals surface area contributed by atoms with E-state index in [0.717, 1.165) is 4.88 Å². The Hall–Kier alpha value is -1.59. The minimum Gasteiger partial charge on any atom is -0.397 e. The first kappa shape index (κ1) is 14.8. The van der Waals surface area contributed by atoms with Gasteiger partial charge in [0.1, 0.15) is 5.15 Å². The van der Waals surface area contributed by atoms with Gasteiger partial charge in [0.15, 0.2) is 0 Å². The molecule has 0 bridgehead atoms. The molecule has 2 rings (SSSR count). The molecule has 2 N–H and O–H groups in total. The lowest BCUT2D eigenvalue weighted by Gasteiger charge is -2.24. The van der Waals surface area contributed by atoms with Crippen LogP contribution < -0.4 is 5.73 Å². The van der Waals surface area contributed by atoms with Crippen molar-refractivity contribution in [2.45, 2.75) is 19.9 Å². The number of aryl methyl sites for hydroxylation is 1. The van der Waals surface area contributed by atoms with Crippen LogP contribution >= 0.6 is 22.9 Å². The first-order valence-electron chi connectivity index (χ1n) is 6.14. The van der Waals surface area contributed by atoms with Gasteiger partial charge in [-0.3, -0.25) is 4.79 Å². The fraction of sp³-hybridized carbons (Fsp3) is 0.286. The van der Waals surface area contributed by atoms with Gasteiger partial charge in [-0.25, -0.2) is 4.98 Å². The van der Waals surface area contributed by atoms with Gasteiger partial charge in [0.05, 0.1) is 23.5 Å². The maximum atomic E-state index is 12.5. The molecule has 0 fully saturated rings. The van der Waals surface area contributed by atoms with Gasteiger partial charge in [-0.2, -0.15) is 0 Å². The summed E-state index contributed by atoms with van der Waals surface area (Å²) in [4.78, 5) is 20.4. The molecular formula is C14H16ClN3OS. The first-order valence-corrected chi connectivity index (χ1v) is 7.34. The minimum absolute atomic E-state index is 0.0290. The van der Waals surface area contributed by atoms with Gasteiger partial charge < -0.3 is 10.6 Å². The second-order valence-electron chi connectivity index (χ2n) is 4.65. The third-order valence-electron chi connectivity index (χ3n) is 3.16. The number of carbonyl (C=O) groups excluding carboxylic acids is 1. The maximum Gasteiger partial charge on any atom is 0.257 e. The second-order valence-corrected chi connectivity index (χ2v) is 6.32. The number of anilines is 1. The number of hydrogen-bond donors (Lipinski definition) is 1.